The molecule has 4 rings (SSSR count). The van der Waals surface area contributed by atoms with Crippen LogP contribution < -0.4 is 10.1 Å². The molecule has 0 aliphatic carbocycles. The summed E-state index contributed by atoms with van der Waals surface area (Å²) in [6.45, 7) is 5.72. The molecule has 0 unspecified atom stereocenters. The fourth-order valence-corrected chi connectivity index (χ4v) is 4.34. The summed E-state index contributed by atoms with van der Waals surface area (Å²) in [6.07, 6.45) is 0.717. The van der Waals surface area contributed by atoms with Gasteiger partial charge in [0.05, 0.1) is 40.6 Å². The third kappa shape index (κ3) is 7.59. The minimum Gasteiger partial charge on any atom is -0.491 e. The average molecular weight is 574 g/mol. The van der Waals surface area contributed by atoms with E-state index in [0.717, 1.165) is 0 Å². The van der Waals surface area contributed by atoms with E-state index in [2.05, 4.69) is 16.4 Å². The number of ketones is 1. The van der Waals surface area contributed by atoms with Crippen LogP contribution >= 0.6 is 11.6 Å². The molecule has 1 heterocycles. The highest BCUT2D eigenvalue weighted by atomic mass is 35.5. The van der Waals surface area contributed by atoms with Crippen molar-refractivity contribution in [2.75, 3.05) is 18.5 Å². The van der Waals surface area contributed by atoms with Gasteiger partial charge in [-0.2, -0.15) is 5.26 Å². The molecule has 1 aromatic heterocycles. The lowest BCUT2D eigenvalue weighted by Gasteiger charge is -2.19. The molecule has 0 fully saturated rings. The summed E-state index contributed by atoms with van der Waals surface area (Å²) in [5.41, 5.74) is 1.63. The Hall–Kier alpha value is -4.48. The molecule has 4 aromatic rings. The Morgan fingerprint density at radius 2 is 1.85 bits per heavy atom. The number of halogens is 2. The van der Waals surface area contributed by atoms with Crippen LogP contribution in [0.25, 0.3) is 22.2 Å². The second-order valence-corrected chi connectivity index (χ2v) is 10.7. The number of nitrogens with zero attached hydrogens (tertiary/aromatic N) is 2. The van der Waals surface area contributed by atoms with Crippen LogP contribution in [0, 0.1) is 17.1 Å². The van der Waals surface area contributed by atoms with Gasteiger partial charge < -0.3 is 14.8 Å². The van der Waals surface area contributed by atoms with Crippen LogP contribution in [0.3, 0.4) is 0 Å². The number of rotatable bonds is 10. The number of carbonyl (C=O) groups is 2. The summed E-state index contributed by atoms with van der Waals surface area (Å²) in [5, 5.41) is 13.4. The smallest absolute Gasteiger partial charge is 0.306 e. The minimum atomic E-state index is -0.532. The molecular formula is C32H29ClFN3O4. The zero-order valence-electron chi connectivity index (χ0n) is 23.0. The number of aromatic nitrogens is 1. The van der Waals surface area contributed by atoms with Gasteiger partial charge in [0.2, 0.25) is 0 Å². The van der Waals surface area contributed by atoms with E-state index in [4.69, 9.17) is 21.1 Å². The maximum Gasteiger partial charge on any atom is 0.306 e. The summed E-state index contributed by atoms with van der Waals surface area (Å²) in [4.78, 5) is 29.6. The van der Waals surface area contributed by atoms with Gasteiger partial charge in [-0.1, -0.05) is 29.8 Å². The number of Topliss-reactive ketones (excluding diaryl/α,β-unsaturated/α-hetero) is 1. The molecule has 0 atom stereocenters. The number of hydrogen-bond donors (Lipinski definition) is 1. The SMILES string of the molecule is CC(C)(C)OC(=O)CCCOc1ccccc1NCC(=O)c1ccc(Cl)c(-c2nc3cccc(F)c3cc2C#N)c1. The van der Waals surface area contributed by atoms with Gasteiger partial charge in [-0.05, 0) is 75.7 Å². The molecule has 0 saturated carbocycles. The van der Waals surface area contributed by atoms with E-state index in [1.54, 1.807) is 36.4 Å². The number of benzene rings is 3. The van der Waals surface area contributed by atoms with Crippen molar-refractivity contribution >= 4 is 39.9 Å². The molecule has 210 valence electrons. The predicted octanol–water partition coefficient (Wildman–Crippen LogP) is 7.36. The lowest BCUT2D eigenvalue weighted by molar-refractivity contribution is -0.155. The van der Waals surface area contributed by atoms with Crippen molar-refractivity contribution in [2.45, 2.75) is 39.2 Å². The molecule has 0 aliphatic heterocycles. The molecule has 41 heavy (non-hydrogen) atoms. The van der Waals surface area contributed by atoms with E-state index in [9.17, 15) is 19.2 Å². The van der Waals surface area contributed by atoms with Crippen LogP contribution in [0.2, 0.25) is 5.02 Å². The van der Waals surface area contributed by atoms with Gasteiger partial charge in [0.25, 0.3) is 0 Å². The molecule has 1 N–H and O–H groups in total. The van der Waals surface area contributed by atoms with Crippen LogP contribution in [0.4, 0.5) is 10.1 Å². The summed E-state index contributed by atoms with van der Waals surface area (Å²) in [7, 11) is 0. The monoisotopic (exact) mass is 573 g/mol. The van der Waals surface area contributed by atoms with Crippen LogP contribution in [-0.4, -0.2) is 35.5 Å². The topological polar surface area (TPSA) is 101 Å². The van der Waals surface area contributed by atoms with Crippen molar-refractivity contribution in [1.29, 1.82) is 5.26 Å². The number of anilines is 1. The standard InChI is InChI=1S/C32H29ClFN3O4/c1-32(2,3)41-30(39)12-7-15-40-29-11-5-4-9-27(29)36-19-28(38)20-13-14-24(33)22(16-20)31-21(18-35)17-23-25(34)8-6-10-26(23)37-31/h4-6,8-11,13-14,16-17,36H,7,12,15,19H2,1-3H3. The van der Waals surface area contributed by atoms with Gasteiger partial charge in [-0.15, -0.1) is 0 Å². The molecule has 3 aromatic carbocycles. The average Bonchev–Trinajstić information content (AvgIpc) is 2.93. The van der Waals surface area contributed by atoms with Gasteiger partial charge in [-0.3, -0.25) is 9.59 Å². The number of hydrogen-bond acceptors (Lipinski definition) is 7. The van der Waals surface area contributed by atoms with Crippen LogP contribution in [0.1, 0.15) is 49.5 Å². The highest BCUT2D eigenvalue weighted by Crippen LogP contribution is 2.33. The third-order valence-corrected chi connectivity index (χ3v) is 6.33. The second-order valence-electron chi connectivity index (χ2n) is 10.3. The molecule has 0 aliphatic rings. The van der Waals surface area contributed by atoms with Gasteiger partial charge in [-0.25, -0.2) is 9.37 Å². The normalized spacial score (nSPS) is 11.1. The Bertz CT molecular complexity index is 1640. The van der Waals surface area contributed by atoms with Crippen molar-refractivity contribution in [3.63, 3.8) is 0 Å². The van der Waals surface area contributed by atoms with Gasteiger partial charge in [0.15, 0.2) is 5.78 Å². The lowest BCUT2D eigenvalue weighted by atomic mass is 10.00. The maximum absolute atomic E-state index is 14.3. The number of ether oxygens (including phenoxy) is 2. The summed E-state index contributed by atoms with van der Waals surface area (Å²) < 4.78 is 25.4. The van der Waals surface area contributed by atoms with Crippen molar-refractivity contribution in [1.82, 2.24) is 4.98 Å². The highest BCUT2D eigenvalue weighted by Gasteiger charge is 2.18. The van der Waals surface area contributed by atoms with Crippen LogP contribution in [0.15, 0.2) is 66.7 Å². The van der Waals surface area contributed by atoms with E-state index >= 15 is 0 Å². The number of para-hydroxylation sites is 2. The van der Waals surface area contributed by atoms with E-state index in [0.29, 0.717) is 46.1 Å². The zero-order chi connectivity index (χ0) is 29.6. The van der Waals surface area contributed by atoms with Crippen LogP contribution in [-0.2, 0) is 9.53 Å². The predicted molar refractivity (Wildman–Crippen MR) is 157 cm³/mol. The zero-order valence-corrected chi connectivity index (χ0v) is 23.7. The summed E-state index contributed by atoms with van der Waals surface area (Å²) in [6, 6.07) is 19.9. The molecular weight excluding hydrogens is 545 g/mol. The molecule has 0 spiro atoms. The Kier molecular flexibility index (Phi) is 9.21. The molecule has 0 saturated heterocycles. The number of fused-ring (bicyclic) bond motifs is 1. The first-order chi connectivity index (χ1) is 19.6. The maximum atomic E-state index is 14.3. The number of pyridine rings is 1. The van der Waals surface area contributed by atoms with Gasteiger partial charge in [0, 0.05) is 22.9 Å². The lowest BCUT2D eigenvalue weighted by Crippen LogP contribution is -2.24. The quantitative estimate of drug-likeness (QED) is 0.120. The summed E-state index contributed by atoms with van der Waals surface area (Å²) >= 11 is 6.46. The Morgan fingerprint density at radius 1 is 1.07 bits per heavy atom. The third-order valence-electron chi connectivity index (χ3n) is 6.00. The highest BCUT2D eigenvalue weighted by molar-refractivity contribution is 6.33. The fourth-order valence-electron chi connectivity index (χ4n) is 4.14. The van der Waals surface area contributed by atoms with E-state index in [1.165, 1.54) is 18.2 Å². The number of nitrogens with one attached hydrogen (secondary N) is 1. The molecule has 0 radical (unpaired) electrons. The largest absolute Gasteiger partial charge is 0.491 e. The Morgan fingerprint density at radius 3 is 2.61 bits per heavy atom. The van der Waals surface area contributed by atoms with Crippen molar-refractivity contribution < 1.29 is 23.5 Å². The Balaban J connectivity index is 1.45. The van der Waals surface area contributed by atoms with Gasteiger partial charge in [0.1, 0.15) is 23.2 Å². The van der Waals surface area contributed by atoms with E-state index < -0.39 is 11.4 Å². The number of esters is 1. The first-order valence-corrected chi connectivity index (χ1v) is 13.4. The second kappa shape index (κ2) is 12.8. The van der Waals surface area contributed by atoms with Crippen molar-refractivity contribution in [2.24, 2.45) is 0 Å². The van der Waals surface area contributed by atoms with Gasteiger partial charge >= 0.3 is 5.97 Å². The Labute approximate surface area is 242 Å². The number of nitriles is 1. The van der Waals surface area contributed by atoms with E-state index in [-0.39, 0.29) is 41.4 Å². The first-order valence-electron chi connectivity index (χ1n) is 13.1. The summed E-state index contributed by atoms with van der Waals surface area (Å²) in [5.74, 6) is -0.444. The number of carbonyl (C=O) groups excluding carboxylic acids is 2. The molecule has 0 amide bonds. The van der Waals surface area contributed by atoms with Crippen molar-refractivity contribution in [3.8, 4) is 23.1 Å². The minimum absolute atomic E-state index is 0.0409. The van der Waals surface area contributed by atoms with Crippen molar-refractivity contribution in [3.05, 3.63) is 88.7 Å². The van der Waals surface area contributed by atoms with Crippen LogP contribution in [0.5, 0.6) is 5.75 Å². The first kappa shape index (κ1) is 29.5. The molecule has 7 nitrogen and oxygen atoms in total. The molecule has 0 bridgehead atoms. The fraction of sp³-hybridized carbons (Fsp3) is 0.250. The molecule has 9 heteroatoms. The van der Waals surface area contributed by atoms with E-state index in [1.807, 2.05) is 32.9 Å².